The molecule has 1 saturated carbocycles. The van der Waals surface area contributed by atoms with Gasteiger partial charge in [0.2, 0.25) is 0 Å². The van der Waals surface area contributed by atoms with Crippen molar-refractivity contribution in [2.45, 2.75) is 71.6 Å². The Morgan fingerprint density at radius 1 is 0.744 bits per heavy atom. The minimum atomic E-state index is -0.812. The summed E-state index contributed by atoms with van der Waals surface area (Å²) in [5, 5.41) is 0. The molecule has 0 amide bonds. The molecule has 3 aromatic rings. The average molecular weight is 529 g/mol. The SMILES string of the molecule is C/C=C/C1CCC(C2CC=C(c3ccc(-c4ccc(-c5ccc(CCC)c(F)c5F)cc4)cc3F)CC2)CC1. The first-order valence-electron chi connectivity index (χ1n) is 14.7. The van der Waals surface area contributed by atoms with Crippen molar-refractivity contribution in [3.8, 4) is 22.3 Å². The van der Waals surface area contributed by atoms with Crippen LogP contribution in [-0.4, -0.2) is 0 Å². The van der Waals surface area contributed by atoms with Gasteiger partial charge in [-0.05, 0) is 110 Å². The Labute approximate surface area is 231 Å². The Hall–Kier alpha value is -3.07. The Kier molecular flexibility index (Phi) is 8.75. The van der Waals surface area contributed by atoms with Crippen molar-refractivity contribution in [3.05, 3.63) is 101 Å². The molecule has 0 heterocycles. The van der Waals surface area contributed by atoms with Crippen LogP contribution in [0.25, 0.3) is 27.8 Å². The first kappa shape index (κ1) is 27.5. The van der Waals surface area contributed by atoms with Gasteiger partial charge in [-0.1, -0.05) is 80.1 Å². The first-order chi connectivity index (χ1) is 19.0. The highest BCUT2D eigenvalue weighted by Crippen LogP contribution is 2.42. The Balaban J connectivity index is 1.26. The zero-order valence-electron chi connectivity index (χ0n) is 23.2. The van der Waals surface area contributed by atoms with Gasteiger partial charge in [0.05, 0.1) is 0 Å². The molecular weight excluding hydrogens is 489 g/mol. The van der Waals surface area contributed by atoms with Gasteiger partial charge < -0.3 is 0 Å². The summed E-state index contributed by atoms with van der Waals surface area (Å²) < 4.78 is 44.4. The van der Waals surface area contributed by atoms with Crippen molar-refractivity contribution < 1.29 is 13.2 Å². The van der Waals surface area contributed by atoms with E-state index in [0.717, 1.165) is 60.1 Å². The second kappa shape index (κ2) is 12.4. The van der Waals surface area contributed by atoms with Gasteiger partial charge in [0.1, 0.15) is 5.82 Å². The Bertz CT molecular complexity index is 1340. The van der Waals surface area contributed by atoms with Crippen LogP contribution in [0, 0.1) is 35.2 Å². The molecule has 0 bridgehead atoms. The van der Waals surface area contributed by atoms with Crippen LogP contribution in [0.1, 0.15) is 76.3 Å². The number of aryl methyl sites for hydroxylation is 1. The molecule has 204 valence electrons. The summed E-state index contributed by atoms with van der Waals surface area (Å²) in [6.45, 7) is 4.06. The molecular formula is C36H39F3. The van der Waals surface area contributed by atoms with Crippen molar-refractivity contribution in [1.82, 2.24) is 0 Å². The third-order valence-corrected chi connectivity index (χ3v) is 8.93. The molecule has 1 unspecified atom stereocenters. The number of benzene rings is 3. The van der Waals surface area contributed by atoms with E-state index in [1.54, 1.807) is 30.3 Å². The second-order valence-corrected chi connectivity index (χ2v) is 11.4. The number of allylic oxidation sites excluding steroid dienone is 4. The van der Waals surface area contributed by atoms with Crippen LogP contribution in [-0.2, 0) is 6.42 Å². The highest BCUT2D eigenvalue weighted by Gasteiger charge is 2.28. The van der Waals surface area contributed by atoms with Crippen molar-refractivity contribution in [3.63, 3.8) is 0 Å². The lowest BCUT2D eigenvalue weighted by Gasteiger charge is -2.35. The highest BCUT2D eigenvalue weighted by atomic mass is 19.2. The lowest BCUT2D eigenvalue weighted by molar-refractivity contribution is 0.212. The number of hydrogen-bond donors (Lipinski definition) is 0. The van der Waals surface area contributed by atoms with Gasteiger partial charge in [0, 0.05) is 11.1 Å². The summed E-state index contributed by atoms with van der Waals surface area (Å²) in [5.74, 6) is 0.504. The van der Waals surface area contributed by atoms with Gasteiger partial charge in [0.15, 0.2) is 11.6 Å². The quantitative estimate of drug-likeness (QED) is 0.268. The minimum absolute atomic E-state index is 0.201. The van der Waals surface area contributed by atoms with Crippen LogP contribution in [0.15, 0.2) is 72.8 Å². The van der Waals surface area contributed by atoms with Crippen LogP contribution < -0.4 is 0 Å². The molecule has 39 heavy (non-hydrogen) atoms. The van der Waals surface area contributed by atoms with Crippen molar-refractivity contribution >= 4 is 5.57 Å². The molecule has 2 aliphatic carbocycles. The van der Waals surface area contributed by atoms with E-state index in [1.807, 2.05) is 31.2 Å². The fourth-order valence-electron chi connectivity index (χ4n) is 6.68. The Morgan fingerprint density at radius 2 is 1.44 bits per heavy atom. The molecule has 1 atom stereocenters. The molecule has 0 aromatic heterocycles. The summed E-state index contributed by atoms with van der Waals surface area (Å²) in [6.07, 6.45) is 16.5. The predicted octanol–water partition coefficient (Wildman–Crippen LogP) is 11.0. The molecule has 0 aliphatic heterocycles. The summed E-state index contributed by atoms with van der Waals surface area (Å²) >= 11 is 0. The standard InChI is InChI=1S/C36H39F3/c1-3-5-24-7-9-25(10-8-24)26-11-15-28(16-12-26)32-21-20-31(23-34(32)37)27-13-17-29(18-14-27)33-22-19-30(6-4-2)35(38)36(33)39/h3,5,13-15,17-26H,4,6-12,16H2,1-2H3/b5-3+. The number of hydrogen-bond acceptors (Lipinski definition) is 0. The topological polar surface area (TPSA) is 0 Å². The third-order valence-electron chi connectivity index (χ3n) is 8.93. The molecule has 5 rings (SSSR count). The lowest BCUT2D eigenvalue weighted by Crippen LogP contribution is -2.22. The molecule has 2 aliphatic rings. The van der Waals surface area contributed by atoms with E-state index in [4.69, 9.17) is 0 Å². The molecule has 1 fully saturated rings. The van der Waals surface area contributed by atoms with Crippen LogP contribution in [0.2, 0.25) is 0 Å². The molecule has 3 aromatic carbocycles. The summed E-state index contributed by atoms with van der Waals surface area (Å²) in [5.41, 5.74) is 4.70. The normalized spacial score (nSPS) is 21.8. The van der Waals surface area contributed by atoms with Gasteiger partial charge in [-0.25, -0.2) is 13.2 Å². The second-order valence-electron chi connectivity index (χ2n) is 11.4. The third kappa shape index (κ3) is 6.08. The molecule has 3 heteroatoms. The molecule has 0 nitrogen and oxygen atoms in total. The maximum absolute atomic E-state index is 15.3. The van der Waals surface area contributed by atoms with E-state index in [1.165, 1.54) is 25.7 Å². The maximum Gasteiger partial charge on any atom is 0.166 e. The molecule has 0 radical (unpaired) electrons. The van der Waals surface area contributed by atoms with Crippen molar-refractivity contribution in [2.75, 3.05) is 0 Å². The average Bonchev–Trinajstić information content (AvgIpc) is 2.97. The minimum Gasteiger partial charge on any atom is -0.206 e. The lowest BCUT2D eigenvalue weighted by atomic mass is 9.71. The van der Waals surface area contributed by atoms with Gasteiger partial charge >= 0.3 is 0 Å². The zero-order chi connectivity index (χ0) is 27.4. The van der Waals surface area contributed by atoms with E-state index in [-0.39, 0.29) is 11.4 Å². The summed E-state index contributed by atoms with van der Waals surface area (Å²) in [4.78, 5) is 0. The molecule has 0 N–H and O–H groups in total. The highest BCUT2D eigenvalue weighted by molar-refractivity contribution is 5.74. The monoisotopic (exact) mass is 528 g/mol. The smallest absolute Gasteiger partial charge is 0.166 e. The van der Waals surface area contributed by atoms with E-state index in [2.05, 4.69) is 25.2 Å². The molecule has 0 spiro atoms. The van der Waals surface area contributed by atoms with E-state index < -0.39 is 11.6 Å². The predicted molar refractivity (Wildman–Crippen MR) is 157 cm³/mol. The van der Waals surface area contributed by atoms with Crippen LogP contribution >= 0.6 is 0 Å². The zero-order valence-corrected chi connectivity index (χ0v) is 23.2. The van der Waals surface area contributed by atoms with Crippen LogP contribution in [0.4, 0.5) is 13.2 Å². The van der Waals surface area contributed by atoms with Crippen molar-refractivity contribution in [1.29, 1.82) is 0 Å². The summed E-state index contributed by atoms with van der Waals surface area (Å²) in [7, 11) is 0. The van der Waals surface area contributed by atoms with Gasteiger partial charge in [-0.3, -0.25) is 0 Å². The van der Waals surface area contributed by atoms with Crippen LogP contribution in [0.3, 0.4) is 0 Å². The van der Waals surface area contributed by atoms with Gasteiger partial charge in [0.25, 0.3) is 0 Å². The largest absolute Gasteiger partial charge is 0.206 e. The van der Waals surface area contributed by atoms with Crippen molar-refractivity contribution in [2.24, 2.45) is 17.8 Å². The fourth-order valence-corrected chi connectivity index (χ4v) is 6.68. The molecule has 0 saturated heterocycles. The number of halogens is 3. The van der Waals surface area contributed by atoms with Gasteiger partial charge in [-0.15, -0.1) is 0 Å². The number of rotatable bonds is 7. The fraction of sp³-hybridized carbons (Fsp3) is 0.389. The van der Waals surface area contributed by atoms with E-state index >= 15 is 4.39 Å². The van der Waals surface area contributed by atoms with E-state index in [9.17, 15) is 8.78 Å². The van der Waals surface area contributed by atoms with E-state index in [0.29, 0.717) is 23.1 Å². The van der Waals surface area contributed by atoms with Gasteiger partial charge in [-0.2, -0.15) is 0 Å². The first-order valence-corrected chi connectivity index (χ1v) is 14.7. The Morgan fingerprint density at radius 3 is 2.08 bits per heavy atom. The summed E-state index contributed by atoms with van der Waals surface area (Å²) in [6, 6.07) is 16.0. The van der Waals surface area contributed by atoms with Crippen LogP contribution in [0.5, 0.6) is 0 Å². The maximum atomic E-state index is 15.3.